The maximum Gasteiger partial charge on any atom is 0.146 e. The van der Waals surface area contributed by atoms with Crippen LogP contribution in [0, 0.1) is 196 Å². The van der Waals surface area contributed by atoms with E-state index in [0.29, 0.717) is 77.8 Å². The summed E-state index contributed by atoms with van der Waals surface area (Å²) in [4.78, 5) is 18.7. The standard InChI is InChI=1S/2C40H53N3O.C33H43N3/c1-17-19(3)23(7)35-29(21(17)5)33-31-27(11)42(16)28(12)32(31)34-30-22(6)18(2)20(4)24(8)37(30)43(38(34)36(33)41-35)40(15)26(10)25(9)39(13,14)44-40;1-17-16-44-40(14,27(11)18(17)2)43-38-26(10)22(6)20(4)24(8)31(38)35-33-29(13)42(15)28(12)32(33)34-30-23(7)19(3)21(5)25(9)36(30)41-37(34)39(35)43;1-14-16(3)20(7)30-24(18(14)5)28-26-22(9)34(11)23(10)27(26)29-25-19(6)15(2)17(4)21(8)31(25)36(13)33(29)32(28)35(30)12/h25-28,41H,1-16H3;17-18,27-29,41H,16H2,1-15H3;22-23,28,32H,1-13H3. The van der Waals surface area contributed by atoms with Crippen LogP contribution >= 0.6 is 0 Å². The van der Waals surface area contributed by atoms with Gasteiger partial charge in [-0.2, -0.15) is 0 Å². The molecule has 2 saturated heterocycles. The Morgan fingerprint density at radius 2 is 0.661 bits per heavy atom. The second-order valence-corrected chi connectivity index (χ2v) is 43.1. The molecule has 2 fully saturated rings. The smallest absolute Gasteiger partial charge is 0.146 e. The Kier molecular flexibility index (Phi) is 19.5. The Balaban J connectivity index is 0.000000127. The van der Waals surface area contributed by atoms with E-state index in [4.69, 9.17) is 9.47 Å². The lowest BCUT2D eigenvalue weighted by molar-refractivity contribution is -0.191. The van der Waals surface area contributed by atoms with Gasteiger partial charge in [0.05, 0.1) is 67.9 Å². The molecule has 0 amide bonds. The van der Waals surface area contributed by atoms with Crippen molar-refractivity contribution in [3.05, 3.63) is 178 Å². The van der Waals surface area contributed by atoms with Crippen LogP contribution in [-0.2, 0) is 28.0 Å². The molecule has 124 heavy (non-hydrogen) atoms. The van der Waals surface area contributed by atoms with Crippen molar-refractivity contribution in [1.82, 2.24) is 38.4 Å². The van der Waals surface area contributed by atoms with Crippen LogP contribution in [0.3, 0.4) is 0 Å². The van der Waals surface area contributed by atoms with Crippen molar-refractivity contribution in [2.24, 2.45) is 36.6 Å². The quantitative estimate of drug-likeness (QED) is 0.180. The molecule has 15 unspecified atom stereocenters. The monoisotopic (exact) mass is 1660 g/mol. The first-order valence-electron chi connectivity index (χ1n) is 47.5. The number of aryl methyl sites for hydroxylation is 11. The summed E-state index contributed by atoms with van der Waals surface area (Å²) in [6, 6.07) is 2.40. The zero-order chi connectivity index (χ0) is 90.6. The van der Waals surface area contributed by atoms with Crippen LogP contribution in [-0.4, -0.2) is 90.9 Å². The van der Waals surface area contributed by atoms with Gasteiger partial charge in [0.2, 0.25) is 0 Å². The summed E-state index contributed by atoms with van der Waals surface area (Å²) >= 11 is 0. The van der Waals surface area contributed by atoms with Crippen LogP contribution in [0.2, 0.25) is 0 Å². The van der Waals surface area contributed by atoms with E-state index in [2.05, 4.69) is 349 Å². The van der Waals surface area contributed by atoms with E-state index in [1.807, 2.05) is 0 Å². The minimum absolute atomic E-state index is 0.237. The topological polar surface area (TPSA) is 77.8 Å². The molecule has 0 saturated carbocycles. The molecule has 5 aromatic heterocycles. The number of aromatic amines is 2. The zero-order valence-corrected chi connectivity index (χ0v) is 84.7. The normalized spacial score (nSPS) is 26.8. The predicted octanol–water partition coefficient (Wildman–Crippen LogP) is 28.7. The van der Waals surface area contributed by atoms with Crippen molar-refractivity contribution >= 4 is 109 Å². The summed E-state index contributed by atoms with van der Waals surface area (Å²) < 4.78 is 22.4. The number of ether oxygens (including phenoxy) is 2. The highest BCUT2D eigenvalue weighted by molar-refractivity contribution is 6.29. The Morgan fingerprint density at radius 3 is 1.08 bits per heavy atom. The van der Waals surface area contributed by atoms with Gasteiger partial charge in [-0.05, 0) is 447 Å². The van der Waals surface area contributed by atoms with E-state index in [-0.39, 0.29) is 5.60 Å². The lowest BCUT2D eigenvalue weighted by Crippen LogP contribution is -2.49. The molecule has 658 valence electrons. The lowest BCUT2D eigenvalue weighted by atomic mass is 9.72. The van der Waals surface area contributed by atoms with Gasteiger partial charge in [-0.15, -0.1) is 0 Å². The molecule has 0 radical (unpaired) electrons. The molecule has 7 aliphatic rings. The number of nitrogens with one attached hydrogen (secondary N) is 2. The first-order chi connectivity index (χ1) is 57.8. The fourth-order valence-corrected chi connectivity index (χ4v) is 27.4. The zero-order valence-electron chi connectivity index (χ0n) is 84.7. The molecule has 8 aromatic carbocycles. The molecular formula is C113H149N9O2. The summed E-state index contributed by atoms with van der Waals surface area (Å²) in [5, 5.41) is 12.9. The Hall–Kier alpha value is -8.16. The third-order valence-corrected chi connectivity index (χ3v) is 38.8. The van der Waals surface area contributed by atoms with E-state index in [1.165, 1.54) is 265 Å². The summed E-state index contributed by atoms with van der Waals surface area (Å²) in [7, 11) is 11.7. The highest BCUT2D eigenvalue weighted by atomic mass is 16.5. The van der Waals surface area contributed by atoms with Crippen molar-refractivity contribution in [3.63, 3.8) is 0 Å². The minimum Gasteiger partial charge on any atom is -0.365 e. The van der Waals surface area contributed by atoms with E-state index in [1.54, 1.807) is 22.3 Å². The maximum atomic E-state index is 7.32. The maximum absolute atomic E-state index is 7.32. The van der Waals surface area contributed by atoms with Gasteiger partial charge in [-0.3, -0.25) is 14.7 Å². The summed E-state index contributed by atoms with van der Waals surface area (Å²) in [5.41, 5.74) is 60.1. The third kappa shape index (κ3) is 10.4. The number of anilines is 1. The van der Waals surface area contributed by atoms with Gasteiger partial charge in [0, 0.05) is 134 Å². The summed E-state index contributed by atoms with van der Waals surface area (Å²) in [6.07, 6.45) is 0. The Bertz CT molecular complexity index is 7040. The SMILES string of the molecule is Cc1c(C)c(C)c2c([nH]c3c2c2c(c4c5c(C)c(C)c(C)c(C)c5n(C5(C)OC(C)(C)C(C)C5C)c34)C(C)N(C)C2C)c1C.Cc1c(C)c(C)c2c([nH]c3c2c2c(c4c5c(C)c(C)c(C)c(C)c5n(C5(C)OCC(C)C(C)C5C)c34)C(C)N(C)C2C)c1C.Cc1c(C)c(C)c2c(c1C)C1C3=C(c4c(n(C)c5c(C)c(C)c(C)c(C)c45)C1N2C)C(C)N(C)C3C. The molecule has 11 nitrogen and oxygen atoms in total. The van der Waals surface area contributed by atoms with E-state index < -0.39 is 11.4 Å². The molecule has 13 aromatic rings. The molecule has 0 bridgehead atoms. The van der Waals surface area contributed by atoms with Gasteiger partial charge >= 0.3 is 0 Å². The fourth-order valence-electron chi connectivity index (χ4n) is 27.4. The van der Waals surface area contributed by atoms with Gasteiger partial charge in [-0.1, -0.05) is 34.6 Å². The van der Waals surface area contributed by atoms with Crippen LogP contribution in [0.4, 0.5) is 5.69 Å². The van der Waals surface area contributed by atoms with E-state index >= 15 is 0 Å². The van der Waals surface area contributed by atoms with Crippen LogP contribution in [0.5, 0.6) is 0 Å². The number of rotatable bonds is 2. The molecule has 15 atom stereocenters. The molecular weight excluding hydrogens is 1520 g/mol. The second kappa shape index (κ2) is 27.9. The number of nitrogens with zero attached hydrogens (tertiary/aromatic N) is 7. The number of benzene rings is 8. The highest BCUT2D eigenvalue weighted by Gasteiger charge is 2.57. The van der Waals surface area contributed by atoms with Crippen LogP contribution in [0.1, 0.15) is 313 Å². The highest BCUT2D eigenvalue weighted by Crippen LogP contribution is 2.66. The molecule has 11 heterocycles. The van der Waals surface area contributed by atoms with Crippen molar-refractivity contribution in [2.75, 3.05) is 39.7 Å². The molecule has 2 N–H and O–H groups in total. The number of hydrogen-bond donors (Lipinski definition) is 2. The predicted molar refractivity (Wildman–Crippen MR) is 532 cm³/mol. The first-order valence-corrected chi connectivity index (χ1v) is 47.5. The van der Waals surface area contributed by atoms with Crippen LogP contribution < -0.4 is 4.90 Å². The van der Waals surface area contributed by atoms with E-state index in [0.717, 1.165) is 6.61 Å². The van der Waals surface area contributed by atoms with Crippen LogP contribution in [0.15, 0.2) is 5.57 Å². The number of fused-ring (bicyclic) bond motifs is 29. The van der Waals surface area contributed by atoms with Crippen molar-refractivity contribution < 1.29 is 9.47 Å². The van der Waals surface area contributed by atoms with Gasteiger partial charge in [-0.25, -0.2) is 0 Å². The van der Waals surface area contributed by atoms with E-state index in [9.17, 15) is 0 Å². The lowest BCUT2D eigenvalue weighted by Gasteiger charge is -2.48. The summed E-state index contributed by atoms with van der Waals surface area (Å²) in [5.74, 6) is 2.53. The first kappa shape index (κ1) is 86.6. The van der Waals surface area contributed by atoms with Crippen molar-refractivity contribution in [2.45, 2.75) is 335 Å². The van der Waals surface area contributed by atoms with Gasteiger partial charge in [0.15, 0.2) is 0 Å². The third-order valence-electron chi connectivity index (χ3n) is 38.8. The molecule has 1 aliphatic carbocycles. The number of H-pyrrole nitrogens is 2. The Morgan fingerprint density at radius 1 is 0.306 bits per heavy atom. The number of aromatic nitrogens is 5. The fraction of sp³-hybridized carbons (Fsp3) is 0.540. The number of likely N-dealkylation sites (N-methyl/N-ethyl adjacent to an activating group) is 2. The number of hydrogen-bond acceptors (Lipinski definition) is 6. The minimum atomic E-state index is -0.518. The van der Waals surface area contributed by atoms with Gasteiger partial charge in [0.1, 0.15) is 11.4 Å². The molecule has 11 heteroatoms. The van der Waals surface area contributed by atoms with Gasteiger partial charge in [0.25, 0.3) is 0 Å². The largest absolute Gasteiger partial charge is 0.365 e. The van der Waals surface area contributed by atoms with Crippen molar-refractivity contribution in [3.8, 4) is 0 Å². The Labute approximate surface area is 742 Å². The molecule has 0 spiro atoms. The molecule has 6 aliphatic heterocycles. The van der Waals surface area contributed by atoms with Crippen molar-refractivity contribution in [1.29, 1.82) is 0 Å². The van der Waals surface area contributed by atoms with Crippen LogP contribution in [0.25, 0.3) is 104 Å². The summed E-state index contributed by atoms with van der Waals surface area (Å²) in [6.45, 7) is 92.5. The second-order valence-electron chi connectivity index (χ2n) is 43.1. The van der Waals surface area contributed by atoms with Gasteiger partial charge < -0.3 is 38.0 Å². The average molecular weight is 1670 g/mol. The molecule has 20 rings (SSSR count). The average Bonchev–Trinajstić information content (AvgIpc) is 1.51.